The zero-order chi connectivity index (χ0) is 14.8. The van der Waals surface area contributed by atoms with Crippen LogP contribution in [0.1, 0.15) is 40.9 Å². The van der Waals surface area contributed by atoms with Crippen LogP contribution in [0.5, 0.6) is 0 Å². The summed E-state index contributed by atoms with van der Waals surface area (Å²) in [5.41, 5.74) is 4.30. The standard InChI is InChI=1S/C15H22N4S2/c1-4-12-13(7-16-11-5-6-11)21-15(18-12)19(3)8-14-10(2)17-9-20-14/h9,11,16H,4-8H2,1-3H3. The number of hydrogen-bond acceptors (Lipinski definition) is 6. The van der Waals surface area contributed by atoms with Crippen LogP contribution in [0.2, 0.25) is 0 Å². The molecule has 0 amide bonds. The molecule has 1 aliphatic rings. The third-order valence-corrected chi connectivity index (χ3v) is 5.91. The Bertz CT molecular complexity index is 601. The molecule has 114 valence electrons. The van der Waals surface area contributed by atoms with Crippen LogP contribution in [0, 0.1) is 6.92 Å². The van der Waals surface area contributed by atoms with E-state index in [9.17, 15) is 0 Å². The van der Waals surface area contributed by atoms with Crippen LogP contribution < -0.4 is 10.2 Å². The van der Waals surface area contributed by atoms with Gasteiger partial charge in [0.25, 0.3) is 0 Å². The molecule has 0 aromatic carbocycles. The normalized spacial score (nSPS) is 14.6. The van der Waals surface area contributed by atoms with Gasteiger partial charge in [-0.2, -0.15) is 0 Å². The van der Waals surface area contributed by atoms with E-state index in [4.69, 9.17) is 4.98 Å². The average Bonchev–Trinajstić information content (AvgIpc) is 3.08. The first-order valence-electron chi connectivity index (χ1n) is 7.49. The number of nitrogens with zero attached hydrogens (tertiary/aromatic N) is 3. The highest BCUT2D eigenvalue weighted by molar-refractivity contribution is 7.15. The molecule has 6 heteroatoms. The smallest absolute Gasteiger partial charge is 0.185 e. The molecule has 2 heterocycles. The Kier molecular flexibility index (Phi) is 4.57. The Morgan fingerprint density at radius 2 is 2.19 bits per heavy atom. The van der Waals surface area contributed by atoms with Gasteiger partial charge in [-0.1, -0.05) is 6.92 Å². The van der Waals surface area contributed by atoms with Gasteiger partial charge < -0.3 is 10.2 Å². The molecule has 0 spiro atoms. The number of aryl methyl sites for hydroxylation is 2. The number of hydrogen-bond donors (Lipinski definition) is 1. The third-order valence-electron chi connectivity index (χ3n) is 3.78. The lowest BCUT2D eigenvalue weighted by atomic mass is 10.3. The van der Waals surface area contributed by atoms with Gasteiger partial charge in [0, 0.05) is 29.4 Å². The van der Waals surface area contributed by atoms with E-state index in [0.717, 1.165) is 36.4 Å². The predicted molar refractivity (Wildman–Crippen MR) is 90.3 cm³/mol. The predicted octanol–water partition coefficient (Wildman–Crippen LogP) is 3.36. The van der Waals surface area contributed by atoms with Crippen LogP contribution in [0.25, 0.3) is 0 Å². The van der Waals surface area contributed by atoms with E-state index in [0.29, 0.717) is 0 Å². The third kappa shape index (κ3) is 3.62. The van der Waals surface area contributed by atoms with Crippen LogP contribution >= 0.6 is 22.7 Å². The van der Waals surface area contributed by atoms with Crippen molar-refractivity contribution in [2.24, 2.45) is 0 Å². The molecule has 1 N–H and O–H groups in total. The average molecular weight is 323 g/mol. The highest BCUT2D eigenvalue weighted by Gasteiger charge is 2.22. The van der Waals surface area contributed by atoms with Crippen molar-refractivity contribution >= 4 is 27.8 Å². The van der Waals surface area contributed by atoms with Gasteiger partial charge in [0.15, 0.2) is 5.13 Å². The molecule has 1 saturated carbocycles. The summed E-state index contributed by atoms with van der Waals surface area (Å²) < 4.78 is 0. The first kappa shape index (κ1) is 14.9. The van der Waals surface area contributed by atoms with Gasteiger partial charge in [0.05, 0.1) is 23.4 Å². The van der Waals surface area contributed by atoms with Crippen molar-refractivity contribution in [2.75, 3.05) is 11.9 Å². The second kappa shape index (κ2) is 6.42. The Morgan fingerprint density at radius 3 is 2.81 bits per heavy atom. The number of aromatic nitrogens is 2. The summed E-state index contributed by atoms with van der Waals surface area (Å²) in [5.74, 6) is 0. The monoisotopic (exact) mass is 322 g/mol. The lowest BCUT2D eigenvalue weighted by Crippen LogP contribution is -2.16. The zero-order valence-corrected chi connectivity index (χ0v) is 14.5. The fraction of sp³-hybridized carbons (Fsp3) is 0.600. The maximum absolute atomic E-state index is 4.83. The van der Waals surface area contributed by atoms with E-state index in [2.05, 4.69) is 36.1 Å². The quantitative estimate of drug-likeness (QED) is 0.848. The summed E-state index contributed by atoms with van der Waals surface area (Å²) in [6.45, 7) is 6.12. The van der Waals surface area contributed by atoms with Gasteiger partial charge in [-0.15, -0.1) is 22.7 Å². The summed E-state index contributed by atoms with van der Waals surface area (Å²) in [5, 5.41) is 4.72. The van der Waals surface area contributed by atoms with Crippen molar-refractivity contribution in [3.8, 4) is 0 Å². The highest BCUT2D eigenvalue weighted by Crippen LogP contribution is 2.29. The maximum atomic E-state index is 4.83. The van der Waals surface area contributed by atoms with Gasteiger partial charge >= 0.3 is 0 Å². The summed E-state index contributed by atoms with van der Waals surface area (Å²) in [6.07, 6.45) is 3.67. The first-order valence-corrected chi connectivity index (χ1v) is 9.19. The first-order chi connectivity index (χ1) is 10.2. The molecule has 2 aromatic heterocycles. The van der Waals surface area contributed by atoms with Crippen LogP contribution in [-0.2, 0) is 19.5 Å². The van der Waals surface area contributed by atoms with Gasteiger partial charge in [0.2, 0.25) is 0 Å². The van der Waals surface area contributed by atoms with Gasteiger partial charge in [-0.05, 0) is 26.2 Å². The number of anilines is 1. The SMILES string of the molecule is CCc1nc(N(C)Cc2scnc2C)sc1CNC1CC1. The molecule has 0 saturated heterocycles. The van der Waals surface area contributed by atoms with E-state index in [1.165, 1.54) is 28.3 Å². The Labute approximate surface area is 134 Å². The van der Waals surface area contributed by atoms with Crippen LogP contribution in [0.3, 0.4) is 0 Å². The molecule has 1 fully saturated rings. The van der Waals surface area contributed by atoms with Gasteiger partial charge in [-0.25, -0.2) is 9.97 Å². The zero-order valence-electron chi connectivity index (χ0n) is 12.8. The second-order valence-electron chi connectivity index (χ2n) is 5.59. The molecule has 0 radical (unpaired) electrons. The van der Waals surface area contributed by atoms with E-state index in [1.807, 2.05) is 16.8 Å². The van der Waals surface area contributed by atoms with Crippen molar-refractivity contribution in [1.82, 2.24) is 15.3 Å². The molecule has 3 rings (SSSR count). The number of thiazole rings is 2. The minimum Gasteiger partial charge on any atom is -0.346 e. The maximum Gasteiger partial charge on any atom is 0.185 e. The summed E-state index contributed by atoms with van der Waals surface area (Å²) in [4.78, 5) is 14.1. The van der Waals surface area contributed by atoms with E-state index >= 15 is 0 Å². The van der Waals surface area contributed by atoms with Crippen molar-refractivity contribution in [3.63, 3.8) is 0 Å². The Balaban J connectivity index is 1.69. The minimum atomic E-state index is 0.748. The van der Waals surface area contributed by atoms with E-state index < -0.39 is 0 Å². The topological polar surface area (TPSA) is 41.1 Å². The fourth-order valence-corrected chi connectivity index (χ4v) is 4.12. The van der Waals surface area contributed by atoms with Crippen molar-refractivity contribution in [2.45, 2.75) is 52.2 Å². The van der Waals surface area contributed by atoms with E-state index in [1.54, 1.807) is 11.3 Å². The second-order valence-corrected chi connectivity index (χ2v) is 7.59. The van der Waals surface area contributed by atoms with Crippen LogP contribution in [-0.4, -0.2) is 23.1 Å². The number of rotatable bonds is 7. The molecule has 0 aliphatic heterocycles. The molecule has 0 atom stereocenters. The van der Waals surface area contributed by atoms with E-state index in [-0.39, 0.29) is 0 Å². The minimum absolute atomic E-state index is 0.748. The van der Waals surface area contributed by atoms with Gasteiger partial charge in [-0.3, -0.25) is 0 Å². The largest absolute Gasteiger partial charge is 0.346 e. The van der Waals surface area contributed by atoms with Gasteiger partial charge in [0.1, 0.15) is 0 Å². The summed E-state index contributed by atoms with van der Waals surface area (Å²) in [6, 6.07) is 0.748. The number of nitrogens with one attached hydrogen (secondary N) is 1. The van der Waals surface area contributed by atoms with Crippen LogP contribution in [0.15, 0.2) is 5.51 Å². The lowest BCUT2D eigenvalue weighted by molar-refractivity contribution is 0.689. The lowest BCUT2D eigenvalue weighted by Gasteiger charge is -2.14. The molecule has 21 heavy (non-hydrogen) atoms. The fourth-order valence-electron chi connectivity index (χ4n) is 2.23. The van der Waals surface area contributed by atoms with Crippen LogP contribution in [0.4, 0.5) is 5.13 Å². The summed E-state index contributed by atoms with van der Waals surface area (Å²) in [7, 11) is 2.12. The van der Waals surface area contributed by atoms with Crippen molar-refractivity contribution in [1.29, 1.82) is 0 Å². The Hall–Kier alpha value is -0.980. The molecule has 1 aliphatic carbocycles. The van der Waals surface area contributed by atoms with Crippen molar-refractivity contribution < 1.29 is 0 Å². The molecule has 0 unspecified atom stereocenters. The molecular formula is C15H22N4S2. The molecule has 0 bridgehead atoms. The molecular weight excluding hydrogens is 300 g/mol. The Morgan fingerprint density at radius 1 is 1.38 bits per heavy atom. The summed E-state index contributed by atoms with van der Waals surface area (Å²) >= 11 is 3.55. The molecule has 2 aromatic rings. The highest BCUT2D eigenvalue weighted by atomic mass is 32.1. The van der Waals surface area contributed by atoms with Crippen molar-refractivity contribution in [3.05, 3.63) is 26.7 Å². The molecule has 4 nitrogen and oxygen atoms in total.